The van der Waals surface area contributed by atoms with Crippen LogP contribution >= 0.6 is 31.9 Å². The molecule has 1 aliphatic carbocycles. The van der Waals surface area contributed by atoms with Gasteiger partial charge in [0.25, 0.3) is 0 Å². The van der Waals surface area contributed by atoms with Gasteiger partial charge in [0.2, 0.25) is 0 Å². The molecule has 3 heteroatoms. The number of carbonyl (C=O) groups is 1. The highest BCUT2D eigenvalue weighted by Gasteiger charge is 2.19. The van der Waals surface area contributed by atoms with Crippen LogP contribution in [0.3, 0.4) is 0 Å². The Bertz CT molecular complexity index is 647. The molecule has 1 aliphatic rings. The number of hydrogen-bond donors (Lipinski definition) is 0. The van der Waals surface area contributed by atoms with Gasteiger partial charge in [-0.05, 0) is 46.9 Å². The second kappa shape index (κ2) is 4.63. The van der Waals surface area contributed by atoms with Gasteiger partial charge in [0.15, 0.2) is 5.78 Å². The quantitative estimate of drug-likeness (QED) is 0.479. The summed E-state index contributed by atoms with van der Waals surface area (Å²) in [4.78, 5) is 11.7. The van der Waals surface area contributed by atoms with Crippen LogP contribution in [0.1, 0.15) is 21.5 Å². The van der Waals surface area contributed by atoms with Crippen LogP contribution in [-0.2, 0) is 6.42 Å². The zero-order valence-electron chi connectivity index (χ0n) is 9.54. The van der Waals surface area contributed by atoms with Crippen molar-refractivity contribution >= 4 is 37.6 Å². The van der Waals surface area contributed by atoms with Gasteiger partial charge in [-0.2, -0.15) is 0 Å². The molecular formula is C15H10Br2O. The molecule has 0 aliphatic heterocycles. The summed E-state index contributed by atoms with van der Waals surface area (Å²) in [7, 11) is 0. The molecule has 0 spiro atoms. The van der Waals surface area contributed by atoms with Crippen LogP contribution in [0.25, 0.3) is 11.1 Å². The van der Waals surface area contributed by atoms with Crippen LogP contribution < -0.4 is 0 Å². The lowest BCUT2D eigenvalue weighted by Crippen LogP contribution is -2.00. The Kier molecular flexibility index (Phi) is 3.12. The van der Waals surface area contributed by atoms with Crippen LogP contribution in [0.5, 0.6) is 0 Å². The van der Waals surface area contributed by atoms with Gasteiger partial charge < -0.3 is 0 Å². The lowest BCUT2D eigenvalue weighted by atomic mass is 10.0. The number of carbonyl (C=O) groups excluding carboxylic acids is 1. The van der Waals surface area contributed by atoms with Crippen LogP contribution in [0.15, 0.2) is 40.9 Å². The molecule has 2 aromatic carbocycles. The van der Waals surface area contributed by atoms with Gasteiger partial charge >= 0.3 is 0 Å². The summed E-state index contributed by atoms with van der Waals surface area (Å²) >= 11 is 6.71. The van der Waals surface area contributed by atoms with Gasteiger partial charge in [0, 0.05) is 10.0 Å². The van der Waals surface area contributed by atoms with Crippen molar-refractivity contribution < 1.29 is 4.79 Å². The summed E-state index contributed by atoms with van der Waals surface area (Å²) in [6.45, 7) is 0. The number of halogens is 2. The fraction of sp³-hybridized carbons (Fsp3) is 0.133. The van der Waals surface area contributed by atoms with E-state index in [2.05, 4.69) is 56.1 Å². The number of Topliss-reactive ketones (excluding diaryl/α,β-unsaturated/α-hetero) is 1. The Balaban J connectivity index is 2.09. The minimum atomic E-state index is 0.134. The average Bonchev–Trinajstić information content (AvgIpc) is 2.73. The van der Waals surface area contributed by atoms with Crippen molar-refractivity contribution in [1.29, 1.82) is 0 Å². The molecule has 0 atom stereocenters. The SMILES string of the molecule is O=C(CBr)c1ccc2c(c1)Cc1cc(Br)ccc1-2. The van der Waals surface area contributed by atoms with Gasteiger partial charge in [-0.25, -0.2) is 0 Å². The van der Waals surface area contributed by atoms with E-state index in [-0.39, 0.29) is 5.78 Å². The first-order chi connectivity index (χ1) is 8.69. The van der Waals surface area contributed by atoms with Crippen LogP contribution in [0.4, 0.5) is 0 Å². The maximum Gasteiger partial charge on any atom is 0.173 e. The Labute approximate surface area is 122 Å². The number of alkyl halides is 1. The molecule has 0 saturated carbocycles. The third-order valence-corrected chi connectivity index (χ3v) is 4.29. The summed E-state index contributed by atoms with van der Waals surface area (Å²) < 4.78 is 1.10. The maximum absolute atomic E-state index is 11.7. The third kappa shape index (κ3) is 1.95. The average molecular weight is 366 g/mol. The van der Waals surface area contributed by atoms with Gasteiger partial charge in [0.05, 0.1) is 5.33 Å². The summed E-state index contributed by atoms with van der Waals surface area (Å²) in [5.74, 6) is 0.134. The number of hydrogen-bond acceptors (Lipinski definition) is 1. The number of ketones is 1. The van der Waals surface area contributed by atoms with Gasteiger partial charge in [-0.3, -0.25) is 4.79 Å². The van der Waals surface area contributed by atoms with E-state index in [0.717, 1.165) is 16.5 Å². The van der Waals surface area contributed by atoms with Crippen molar-refractivity contribution in [1.82, 2.24) is 0 Å². The molecule has 90 valence electrons. The smallest absolute Gasteiger partial charge is 0.173 e. The van der Waals surface area contributed by atoms with E-state index in [0.29, 0.717) is 5.33 Å². The highest BCUT2D eigenvalue weighted by Crippen LogP contribution is 2.38. The topological polar surface area (TPSA) is 17.1 Å². The lowest BCUT2D eigenvalue weighted by molar-refractivity contribution is 0.102. The van der Waals surface area contributed by atoms with E-state index in [9.17, 15) is 4.79 Å². The first-order valence-electron chi connectivity index (χ1n) is 5.70. The van der Waals surface area contributed by atoms with Crippen molar-refractivity contribution in [2.75, 3.05) is 5.33 Å². The lowest BCUT2D eigenvalue weighted by Gasteiger charge is -2.03. The molecular weight excluding hydrogens is 356 g/mol. The van der Waals surface area contributed by atoms with E-state index in [1.807, 2.05) is 12.1 Å². The van der Waals surface area contributed by atoms with E-state index in [4.69, 9.17) is 0 Å². The second-order valence-electron chi connectivity index (χ2n) is 4.41. The van der Waals surface area contributed by atoms with Crippen molar-refractivity contribution in [2.24, 2.45) is 0 Å². The summed E-state index contributed by atoms with van der Waals surface area (Å²) in [5.41, 5.74) is 5.89. The largest absolute Gasteiger partial charge is 0.293 e. The molecule has 1 nitrogen and oxygen atoms in total. The minimum Gasteiger partial charge on any atom is -0.293 e. The van der Waals surface area contributed by atoms with E-state index >= 15 is 0 Å². The fourth-order valence-electron chi connectivity index (χ4n) is 2.43. The minimum absolute atomic E-state index is 0.134. The van der Waals surface area contributed by atoms with Gasteiger partial charge in [-0.15, -0.1) is 0 Å². The van der Waals surface area contributed by atoms with Crippen molar-refractivity contribution in [3.63, 3.8) is 0 Å². The van der Waals surface area contributed by atoms with Gasteiger partial charge in [0.1, 0.15) is 0 Å². The van der Waals surface area contributed by atoms with Crippen molar-refractivity contribution in [3.05, 3.63) is 57.6 Å². The first kappa shape index (κ1) is 12.1. The fourth-order valence-corrected chi connectivity index (χ4v) is 3.16. The van der Waals surface area contributed by atoms with Crippen molar-refractivity contribution in [2.45, 2.75) is 6.42 Å². The molecule has 3 rings (SSSR count). The Morgan fingerprint density at radius 1 is 1.06 bits per heavy atom. The van der Waals surface area contributed by atoms with E-state index in [1.54, 1.807) is 0 Å². The Morgan fingerprint density at radius 2 is 1.72 bits per heavy atom. The van der Waals surface area contributed by atoms with Crippen molar-refractivity contribution in [3.8, 4) is 11.1 Å². The Hall–Kier alpha value is -0.930. The highest BCUT2D eigenvalue weighted by atomic mass is 79.9. The van der Waals surface area contributed by atoms with Crippen LogP contribution in [0, 0.1) is 0 Å². The molecule has 2 aromatic rings. The summed E-state index contributed by atoms with van der Waals surface area (Å²) in [6.07, 6.45) is 0.910. The van der Waals surface area contributed by atoms with E-state index in [1.165, 1.54) is 22.3 Å². The standard InChI is InChI=1S/C15H10Br2O/c16-8-15(18)9-1-3-13-10(5-9)6-11-7-12(17)2-4-14(11)13/h1-5,7H,6,8H2. The molecule has 0 N–H and O–H groups in total. The summed E-state index contributed by atoms with van der Waals surface area (Å²) in [6, 6.07) is 12.3. The molecule has 18 heavy (non-hydrogen) atoms. The second-order valence-corrected chi connectivity index (χ2v) is 5.88. The summed E-state index contributed by atoms with van der Waals surface area (Å²) in [5, 5.41) is 0.379. The Morgan fingerprint density at radius 3 is 2.44 bits per heavy atom. The first-order valence-corrected chi connectivity index (χ1v) is 7.61. The maximum atomic E-state index is 11.7. The third-order valence-electron chi connectivity index (χ3n) is 3.29. The number of benzene rings is 2. The van der Waals surface area contributed by atoms with Gasteiger partial charge in [-0.1, -0.05) is 50.1 Å². The molecule has 0 amide bonds. The highest BCUT2D eigenvalue weighted by molar-refractivity contribution is 9.10. The monoisotopic (exact) mass is 364 g/mol. The zero-order valence-corrected chi connectivity index (χ0v) is 12.7. The zero-order chi connectivity index (χ0) is 12.7. The van der Waals surface area contributed by atoms with Crippen LogP contribution in [-0.4, -0.2) is 11.1 Å². The van der Waals surface area contributed by atoms with Crippen LogP contribution in [0.2, 0.25) is 0 Å². The predicted molar refractivity (Wildman–Crippen MR) is 80.5 cm³/mol. The molecule has 0 fully saturated rings. The normalized spacial score (nSPS) is 12.1. The molecule has 0 heterocycles. The number of rotatable bonds is 2. The molecule has 0 aromatic heterocycles. The molecule has 0 unspecified atom stereocenters. The molecule has 0 saturated heterocycles. The predicted octanol–water partition coefficient (Wildman–Crippen LogP) is 4.60. The number of fused-ring (bicyclic) bond motifs is 3. The van der Waals surface area contributed by atoms with E-state index < -0.39 is 0 Å². The molecule has 0 bridgehead atoms. The molecule has 0 radical (unpaired) electrons.